The molecule has 0 aliphatic carbocycles. The van der Waals surface area contributed by atoms with E-state index in [1.807, 2.05) is 0 Å². The second-order valence-corrected chi connectivity index (χ2v) is 3.99. The van der Waals surface area contributed by atoms with Gasteiger partial charge in [0.15, 0.2) is 0 Å². The van der Waals surface area contributed by atoms with Crippen molar-refractivity contribution in [3.63, 3.8) is 0 Å². The third-order valence-corrected chi connectivity index (χ3v) is 2.57. The molecule has 0 saturated carbocycles. The Morgan fingerprint density at radius 2 is 2.06 bits per heavy atom. The number of hydrogen-bond donors (Lipinski definition) is 4. The first kappa shape index (κ1) is 13.9. The van der Waals surface area contributed by atoms with E-state index in [0.717, 1.165) is 0 Å². The minimum absolute atomic E-state index is 0.197. The lowest BCUT2D eigenvalue weighted by molar-refractivity contribution is -0.143. The maximum absolute atomic E-state index is 11.6. The van der Waals surface area contributed by atoms with E-state index in [1.54, 1.807) is 0 Å². The van der Waals surface area contributed by atoms with Crippen LogP contribution >= 0.6 is 0 Å². The van der Waals surface area contributed by atoms with Crippen molar-refractivity contribution in [1.82, 2.24) is 10.6 Å². The third-order valence-electron chi connectivity index (χ3n) is 2.57. The summed E-state index contributed by atoms with van der Waals surface area (Å²) in [7, 11) is 0. The molecule has 1 unspecified atom stereocenters. The predicted molar refractivity (Wildman–Crippen MR) is 57.6 cm³/mol. The second kappa shape index (κ2) is 5.99. The summed E-state index contributed by atoms with van der Waals surface area (Å²) in [5, 5.41) is 21.9. The highest BCUT2D eigenvalue weighted by molar-refractivity contribution is 5.92. The van der Waals surface area contributed by atoms with Crippen molar-refractivity contribution in [3.8, 4) is 0 Å². The van der Waals surface area contributed by atoms with Crippen molar-refractivity contribution < 1.29 is 29.4 Å². The summed E-state index contributed by atoms with van der Waals surface area (Å²) in [5.41, 5.74) is 0. The molecular formula is C10H14N2O6. The molecule has 100 valence electrons. The van der Waals surface area contributed by atoms with Gasteiger partial charge < -0.3 is 20.8 Å². The highest BCUT2D eigenvalue weighted by Crippen LogP contribution is 2.07. The van der Waals surface area contributed by atoms with Crippen molar-refractivity contribution in [1.29, 1.82) is 0 Å². The Balaban J connectivity index is 2.49. The molecule has 1 saturated heterocycles. The Morgan fingerprint density at radius 1 is 1.39 bits per heavy atom. The second-order valence-electron chi connectivity index (χ2n) is 3.99. The number of hydrogen-bond acceptors (Lipinski definition) is 4. The van der Waals surface area contributed by atoms with Gasteiger partial charge in [-0.2, -0.15) is 0 Å². The zero-order valence-corrected chi connectivity index (χ0v) is 9.51. The molecule has 0 bridgehead atoms. The summed E-state index contributed by atoms with van der Waals surface area (Å²) in [5.74, 6) is -3.29. The summed E-state index contributed by atoms with van der Waals surface area (Å²) in [6.45, 7) is 0. The predicted octanol–water partition coefficient (Wildman–Crippen LogP) is -1.30. The Morgan fingerprint density at radius 3 is 2.50 bits per heavy atom. The third kappa shape index (κ3) is 4.04. The highest BCUT2D eigenvalue weighted by atomic mass is 16.4. The van der Waals surface area contributed by atoms with Crippen LogP contribution in [0.3, 0.4) is 0 Å². The molecule has 1 fully saturated rings. The van der Waals surface area contributed by atoms with Crippen molar-refractivity contribution in [3.05, 3.63) is 0 Å². The topological polar surface area (TPSA) is 133 Å². The van der Waals surface area contributed by atoms with Crippen molar-refractivity contribution in [2.24, 2.45) is 0 Å². The maximum Gasteiger partial charge on any atom is 0.326 e. The molecule has 1 aliphatic rings. The fourth-order valence-corrected chi connectivity index (χ4v) is 1.61. The van der Waals surface area contributed by atoms with Gasteiger partial charge in [-0.15, -0.1) is 0 Å². The van der Waals surface area contributed by atoms with Crippen molar-refractivity contribution in [2.45, 2.75) is 37.8 Å². The highest BCUT2D eigenvalue weighted by Gasteiger charge is 2.30. The van der Waals surface area contributed by atoms with E-state index in [9.17, 15) is 19.2 Å². The van der Waals surface area contributed by atoms with Gasteiger partial charge in [0.2, 0.25) is 11.8 Å². The molecule has 18 heavy (non-hydrogen) atoms. The Labute approximate surface area is 102 Å². The molecule has 2 atom stereocenters. The summed E-state index contributed by atoms with van der Waals surface area (Å²) in [6, 6.07) is -1.99. The first-order chi connectivity index (χ1) is 8.40. The Hall–Kier alpha value is -2.12. The first-order valence-electron chi connectivity index (χ1n) is 5.44. The lowest BCUT2D eigenvalue weighted by atomic mass is 10.1. The Kier molecular flexibility index (Phi) is 4.64. The van der Waals surface area contributed by atoms with Gasteiger partial charge in [0.1, 0.15) is 12.1 Å². The molecule has 0 radical (unpaired) electrons. The van der Waals surface area contributed by atoms with Crippen LogP contribution in [0.1, 0.15) is 25.7 Å². The van der Waals surface area contributed by atoms with Gasteiger partial charge in [0.25, 0.3) is 0 Å². The van der Waals surface area contributed by atoms with Gasteiger partial charge in [-0.1, -0.05) is 0 Å². The van der Waals surface area contributed by atoms with Gasteiger partial charge in [-0.05, 0) is 12.8 Å². The smallest absolute Gasteiger partial charge is 0.326 e. The molecule has 0 aromatic rings. The molecule has 2 amide bonds. The molecule has 4 N–H and O–H groups in total. The SMILES string of the molecule is O=C(O)CCC(NC(=O)[C@H]1CCC(=O)N1)C(=O)O. The monoisotopic (exact) mass is 258 g/mol. The number of aliphatic carboxylic acids is 2. The number of carbonyl (C=O) groups excluding carboxylic acids is 2. The summed E-state index contributed by atoms with van der Waals surface area (Å²) >= 11 is 0. The Bertz CT molecular complexity index is 381. The molecule has 0 spiro atoms. The average Bonchev–Trinajstić information content (AvgIpc) is 2.70. The van der Waals surface area contributed by atoms with Crippen molar-refractivity contribution >= 4 is 23.8 Å². The number of rotatable bonds is 6. The molecule has 8 nitrogen and oxygen atoms in total. The van der Waals surface area contributed by atoms with Crippen LogP contribution in [0.4, 0.5) is 0 Å². The maximum atomic E-state index is 11.6. The molecule has 0 aromatic carbocycles. The first-order valence-corrected chi connectivity index (χ1v) is 5.44. The number of carboxylic acids is 2. The minimum atomic E-state index is -1.30. The van der Waals surface area contributed by atoms with Gasteiger partial charge >= 0.3 is 11.9 Å². The zero-order chi connectivity index (χ0) is 13.7. The molecule has 8 heteroatoms. The quantitative estimate of drug-likeness (QED) is 0.468. The van der Waals surface area contributed by atoms with Crippen LogP contribution in [0.25, 0.3) is 0 Å². The zero-order valence-electron chi connectivity index (χ0n) is 9.51. The van der Waals surface area contributed by atoms with Crippen LogP contribution in [0.15, 0.2) is 0 Å². The van der Waals surface area contributed by atoms with E-state index in [1.165, 1.54) is 0 Å². The number of amides is 2. The minimum Gasteiger partial charge on any atom is -0.481 e. The van der Waals surface area contributed by atoms with Crippen LogP contribution < -0.4 is 10.6 Å². The molecular weight excluding hydrogens is 244 g/mol. The van der Waals surface area contributed by atoms with Gasteiger partial charge in [-0.25, -0.2) is 4.79 Å². The van der Waals surface area contributed by atoms with E-state index in [2.05, 4.69) is 10.6 Å². The summed E-state index contributed by atoms with van der Waals surface area (Å²) in [4.78, 5) is 43.7. The van der Waals surface area contributed by atoms with E-state index >= 15 is 0 Å². The fraction of sp³-hybridized carbons (Fsp3) is 0.600. The van der Waals surface area contributed by atoms with Gasteiger partial charge in [0.05, 0.1) is 0 Å². The summed E-state index contributed by atoms with van der Waals surface area (Å²) in [6.07, 6.45) is -0.00771. The van der Waals surface area contributed by atoms with Gasteiger partial charge in [-0.3, -0.25) is 14.4 Å². The lowest BCUT2D eigenvalue weighted by Crippen LogP contribution is -2.48. The lowest BCUT2D eigenvalue weighted by Gasteiger charge is -2.16. The largest absolute Gasteiger partial charge is 0.481 e. The van der Waals surface area contributed by atoms with E-state index < -0.39 is 29.9 Å². The van der Waals surface area contributed by atoms with Crippen LogP contribution in [0.5, 0.6) is 0 Å². The molecule has 1 heterocycles. The normalized spacial score (nSPS) is 20.0. The average molecular weight is 258 g/mol. The standard InChI is InChI=1S/C10H14N2O6/c13-7-3-1-5(11-7)9(16)12-6(10(17)18)2-4-8(14)15/h5-6H,1-4H2,(H,11,13)(H,12,16)(H,14,15)(H,17,18)/t5-,6?/m1/s1. The number of carbonyl (C=O) groups is 4. The van der Waals surface area contributed by atoms with E-state index in [4.69, 9.17) is 10.2 Å². The van der Waals surface area contributed by atoms with Crippen LogP contribution in [-0.4, -0.2) is 46.0 Å². The molecule has 1 aliphatic heterocycles. The van der Waals surface area contributed by atoms with Gasteiger partial charge in [0, 0.05) is 12.8 Å². The number of carboxylic acid groups (broad SMARTS) is 2. The summed E-state index contributed by atoms with van der Waals surface area (Å²) < 4.78 is 0. The molecule has 0 aromatic heterocycles. The van der Waals surface area contributed by atoms with E-state index in [0.29, 0.717) is 6.42 Å². The van der Waals surface area contributed by atoms with Crippen LogP contribution in [0.2, 0.25) is 0 Å². The fourth-order valence-electron chi connectivity index (χ4n) is 1.61. The van der Waals surface area contributed by atoms with Crippen molar-refractivity contribution in [2.75, 3.05) is 0 Å². The van der Waals surface area contributed by atoms with Crippen LogP contribution in [-0.2, 0) is 19.2 Å². The van der Waals surface area contributed by atoms with E-state index in [-0.39, 0.29) is 25.2 Å². The number of nitrogens with one attached hydrogen (secondary N) is 2. The molecule has 1 rings (SSSR count). The van der Waals surface area contributed by atoms with Crippen LogP contribution in [0, 0.1) is 0 Å².